The first-order chi connectivity index (χ1) is 8.67. The van der Waals surface area contributed by atoms with E-state index in [1.807, 2.05) is 0 Å². The van der Waals surface area contributed by atoms with Gasteiger partial charge in [0.2, 0.25) is 0 Å². The van der Waals surface area contributed by atoms with E-state index in [2.05, 4.69) is 19.2 Å². The van der Waals surface area contributed by atoms with Crippen molar-refractivity contribution >= 4 is 0 Å². The summed E-state index contributed by atoms with van der Waals surface area (Å²) in [6.45, 7) is 5.55. The van der Waals surface area contributed by atoms with Gasteiger partial charge in [-0.1, -0.05) is 33.1 Å². The number of hydrogen-bond acceptors (Lipinski definition) is 2. The van der Waals surface area contributed by atoms with Gasteiger partial charge in [-0.2, -0.15) is 0 Å². The van der Waals surface area contributed by atoms with Crippen LogP contribution in [-0.2, 0) is 0 Å². The van der Waals surface area contributed by atoms with Gasteiger partial charge in [0, 0.05) is 18.1 Å². The molecule has 2 aliphatic carbocycles. The van der Waals surface area contributed by atoms with Crippen LogP contribution in [0.4, 0.5) is 0 Å². The van der Waals surface area contributed by atoms with Gasteiger partial charge in [0.15, 0.2) is 0 Å². The summed E-state index contributed by atoms with van der Waals surface area (Å²) < 4.78 is 0. The highest BCUT2D eigenvalue weighted by Gasteiger charge is 2.35. The minimum Gasteiger partial charge on any atom is -0.329 e. The van der Waals surface area contributed by atoms with Crippen molar-refractivity contribution in [3.8, 4) is 0 Å². The predicted octanol–water partition coefficient (Wildman–Crippen LogP) is 3.45. The molecule has 0 radical (unpaired) electrons. The molecule has 0 saturated heterocycles. The van der Waals surface area contributed by atoms with Crippen molar-refractivity contribution in [3.05, 3.63) is 0 Å². The van der Waals surface area contributed by atoms with Gasteiger partial charge >= 0.3 is 0 Å². The zero-order valence-corrected chi connectivity index (χ0v) is 12.4. The molecule has 4 unspecified atom stereocenters. The van der Waals surface area contributed by atoms with Gasteiger partial charge in [-0.25, -0.2) is 0 Å². The molecule has 3 N–H and O–H groups in total. The van der Waals surface area contributed by atoms with Crippen LogP contribution in [0.3, 0.4) is 0 Å². The molecule has 0 spiro atoms. The highest BCUT2D eigenvalue weighted by molar-refractivity contribution is 4.95. The summed E-state index contributed by atoms with van der Waals surface area (Å²) in [6, 6.07) is 0.738. The SMILES string of the molecule is CCC1CCCC(CN)(NC2CCC(C)C2)CC1. The molecule has 0 bridgehead atoms. The molecular formula is C16H32N2. The molecule has 0 heterocycles. The topological polar surface area (TPSA) is 38.0 Å². The van der Waals surface area contributed by atoms with Gasteiger partial charge < -0.3 is 11.1 Å². The fourth-order valence-corrected chi connectivity index (χ4v) is 4.07. The summed E-state index contributed by atoms with van der Waals surface area (Å²) in [5.41, 5.74) is 6.41. The van der Waals surface area contributed by atoms with Crippen molar-refractivity contribution in [3.63, 3.8) is 0 Å². The molecule has 2 fully saturated rings. The van der Waals surface area contributed by atoms with Crippen molar-refractivity contribution < 1.29 is 0 Å². The molecule has 2 saturated carbocycles. The molecule has 2 heteroatoms. The third kappa shape index (κ3) is 3.48. The van der Waals surface area contributed by atoms with Crippen LogP contribution in [0.25, 0.3) is 0 Å². The lowest BCUT2D eigenvalue weighted by atomic mass is 9.88. The molecule has 2 rings (SSSR count). The Morgan fingerprint density at radius 2 is 2.00 bits per heavy atom. The van der Waals surface area contributed by atoms with Crippen LogP contribution in [0.1, 0.15) is 71.6 Å². The molecule has 0 aromatic carbocycles. The predicted molar refractivity (Wildman–Crippen MR) is 78.6 cm³/mol. The second kappa shape index (κ2) is 6.38. The first kappa shape index (κ1) is 14.3. The fourth-order valence-electron chi connectivity index (χ4n) is 4.07. The van der Waals surface area contributed by atoms with E-state index in [9.17, 15) is 0 Å². The maximum absolute atomic E-state index is 6.14. The second-order valence-electron chi connectivity index (χ2n) is 6.95. The van der Waals surface area contributed by atoms with Crippen molar-refractivity contribution in [1.82, 2.24) is 5.32 Å². The Kier molecular flexibility index (Phi) is 5.08. The number of hydrogen-bond donors (Lipinski definition) is 2. The van der Waals surface area contributed by atoms with Gasteiger partial charge in [-0.05, 0) is 50.4 Å². The number of nitrogens with two attached hydrogens (primary N) is 1. The first-order valence-corrected chi connectivity index (χ1v) is 8.15. The van der Waals surface area contributed by atoms with Gasteiger partial charge in [0.1, 0.15) is 0 Å². The molecule has 4 atom stereocenters. The summed E-state index contributed by atoms with van der Waals surface area (Å²) in [4.78, 5) is 0. The van der Waals surface area contributed by atoms with E-state index in [0.717, 1.165) is 24.4 Å². The van der Waals surface area contributed by atoms with Crippen LogP contribution in [0.2, 0.25) is 0 Å². The largest absolute Gasteiger partial charge is 0.329 e. The zero-order valence-electron chi connectivity index (χ0n) is 12.4. The normalized spacial score (nSPS) is 41.8. The lowest BCUT2D eigenvalue weighted by Crippen LogP contribution is -2.54. The smallest absolute Gasteiger partial charge is 0.0306 e. The Morgan fingerprint density at radius 1 is 1.17 bits per heavy atom. The summed E-state index contributed by atoms with van der Waals surface area (Å²) in [6.07, 6.45) is 12.2. The minimum absolute atomic E-state index is 0.263. The highest BCUT2D eigenvalue weighted by atomic mass is 15.0. The lowest BCUT2D eigenvalue weighted by molar-refractivity contribution is 0.253. The van der Waals surface area contributed by atoms with Crippen molar-refractivity contribution in [1.29, 1.82) is 0 Å². The molecule has 106 valence electrons. The van der Waals surface area contributed by atoms with E-state index in [4.69, 9.17) is 5.73 Å². The zero-order chi connectivity index (χ0) is 13.0. The molecule has 0 aromatic heterocycles. The van der Waals surface area contributed by atoms with Crippen LogP contribution >= 0.6 is 0 Å². The van der Waals surface area contributed by atoms with Crippen LogP contribution in [0.15, 0.2) is 0 Å². The van der Waals surface area contributed by atoms with Gasteiger partial charge in [-0.15, -0.1) is 0 Å². The highest BCUT2D eigenvalue weighted by Crippen LogP contribution is 2.34. The maximum Gasteiger partial charge on any atom is 0.0306 e. The average Bonchev–Trinajstić information content (AvgIpc) is 2.66. The lowest BCUT2D eigenvalue weighted by Gasteiger charge is -2.36. The van der Waals surface area contributed by atoms with E-state index < -0.39 is 0 Å². The average molecular weight is 252 g/mol. The Bertz CT molecular complexity index is 253. The summed E-state index contributed by atoms with van der Waals surface area (Å²) in [5, 5.41) is 3.97. The monoisotopic (exact) mass is 252 g/mol. The molecule has 0 amide bonds. The number of rotatable bonds is 4. The van der Waals surface area contributed by atoms with Crippen molar-refractivity contribution in [2.45, 2.75) is 83.2 Å². The van der Waals surface area contributed by atoms with E-state index in [1.54, 1.807) is 0 Å². The summed E-state index contributed by atoms with van der Waals surface area (Å²) in [7, 11) is 0. The van der Waals surface area contributed by atoms with E-state index >= 15 is 0 Å². The quantitative estimate of drug-likeness (QED) is 0.752. The minimum atomic E-state index is 0.263. The summed E-state index contributed by atoms with van der Waals surface area (Å²) in [5.74, 6) is 1.86. The van der Waals surface area contributed by atoms with Gasteiger partial charge in [-0.3, -0.25) is 0 Å². The second-order valence-corrected chi connectivity index (χ2v) is 6.95. The number of nitrogens with one attached hydrogen (secondary N) is 1. The molecule has 0 aliphatic heterocycles. The molecule has 2 aliphatic rings. The van der Waals surface area contributed by atoms with Gasteiger partial charge in [0.25, 0.3) is 0 Å². The first-order valence-electron chi connectivity index (χ1n) is 8.15. The van der Waals surface area contributed by atoms with Crippen LogP contribution in [0, 0.1) is 11.8 Å². The Labute approximate surface area is 113 Å². The van der Waals surface area contributed by atoms with Crippen LogP contribution < -0.4 is 11.1 Å². The Hall–Kier alpha value is -0.0800. The maximum atomic E-state index is 6.14. The molecule has 18 heavy (non-hydrogen) atoms. The third-order valence-corrected chi connectivity index (χ3v) is 5.47. The fraction of sp³-hybridized carbons (Fsp3) is 1.00. The third-order valence-electron chi connectivity index (χ3n) is 5.47. The van der Waals surface area contributed by atoms with E-state index in [0.29, 0.717) is 0 Å². The van der Waals surface area contributed by atoms with E-state index in [1.165, 1.54) is 57.8 Å². The Morgan fingerprint density at radius 3 is 2.61 bits per heavy atom. The van der Waals surface area contributed by atoms with Gasteiger partial charge in [0.05, 0.1) is 0 Å². The standard InChI is InChI=1S/C16H32N2/c1-3-14-5-4-9-16(12-17,10-8-14)18-15-7-6-13(2)11-15/h13-15,18H,3-12,17H2,1-2H3. The van der Waals surface area contributed by atoms with Crippen LogP contribution in [-0.4, -0.2) is 18.1 Å². The van der Waals surface area contributed by atoms with Crippen LogP contribution in [0.5, 0.6) is 0 Å². The summed E-state index contributed by atoms with van der Waals surface area (Å²) >= 11 is 0. The van der Waals surface area contributed by atoms with Crippen molar-refractivity contribution in [2.75, 3.05) is 6.54 Å². The van der Waals surface area contributed by atoms with E-state index in [-0.39, 0.29) is 5.54 Å². The van der Waals surface area contributed by atoms with Crippen molar-refractivity contribution in [2.24, 2.45) is 17.6 Å². The molecular weight excluding hydrogens is 220 g/mol. The molecule has 2 nitrogen and oxygen atoms in total. The Balaban J connectivity index is 1.92. The molecule has 0 aromatic rings.